The molecule has 0 radical (unpaired) electrons. The molecule has 1 aromatic carbocycles. The van der Waals surface area contributed by atoms with Crippen LogP contribution in [0.15, 0.2) is 58.0 Å². The van der Waals surface area contributed by atoms with E-state index in [-0.39, 0.29) is 0 Å². The molecular formula is C16H12N2O2. The molecule has 3 aromatic rings. The Balaban J connectivity index is 2.32. The zero-order valence-corrected chi connectivity index (χ0v) is 10.7. The van der Waals surface area contributed by atoms with Crippen molar-refractivity contribution < 1.29 is 4.42 Å². The van der Waals surface area contributed by atoms with E-state index >= 15 is 0 Å². The van der Waals surface area contributed by atoms with E-state index in [1.807, 2.05) is 36.4 Å². The quantitative estimate of drug-likeness (QED) is 0.710. The van der Waals surface area contributed by atoms with Gasteiger partial charge in [0, 0.05) is 17.6 Å². The Morgan fingerprint density at radius 2 is 2.05 bits per heavy atom. The van der Waals surface area contributed by atoms with Crippen molar-refractivity contribution in [3.8, 4) is 0 Å². The highest BCUT2D eigenvalue weighted by atomic mass is 16.4. The smallest absolute Gasteiger partial charge is 0.361 e. The molecule has 98 valence electrons. The maximum absolute atomic E-state index is 11.9. The minimum atomic E-state index is -0.410. The predicted octanol–water partition coefficient (Wildman–Crippen LogP) is 0.889. The van der Waals surface area contributed by atoms with E-state index in [0.717, 1.165) is 16.0 Å². The highest BCUT2D eigenvalue weighted by Gasteiger charge is 1.97. The molecule has 4 heteroatoms. The highest BCUT2D eigenvalue weighted by Crippen LogP contribution is 1.94. The largest absolute Gasteiger partial charge is 0.404 e. The fourth-order valence-electron chi connectivity index (χ4n) is 1.93. The summed E-state index contributed by atoms with van der Waals surface area (Å²) < 4.78 is 5.25. The van der Waals surface area contributed by atoms with Crippen molar-refractivity contribution in [2.75, 3.05) is 0 Å². The number of oxazole rings is 1. The van der Waals surface area contributed by atoms with E-state index in [2.05, 4.69) is 16.5 Å². The average Bonchev–Trinajstić information content (AvgIpc) is 2.81. The molecule has 0 fully saturated rings. The van der Waals surface area contributed by atoms with Gasteiger partial charge in [-0.1, -0.05) is 30.8 Å². The van der Waals surface area contributed by atoms with Gasteiger partial charge in [0.2, 0.25) is 5.55 Å². The zero-order chi connectivity index (χ0) is 13.9. The Labute approximate surface area is 114 Å². The van der Waals surface area contributed by atoms with Crippen molar-refractivity contribution in [1.29, 1.82) is 0 Å². The lowest BCUT2D eigenvalue weighted by atomic mass is 10.2. The number of aromatic nitrogens is 2. The molecule has 3 rings (SSSR count). The van der Waals surface area contributed by atoms with E-state index in [0.29, 0.717) is 10.9 Å². The molecule has 1 N–H and O–H groups in total. The number of rotatable bonds is 1. The Bertz CT molecular complexity index is 985. The lowest BCUT2D eigenvalue weighted by molar-refractivity contribution is 0.489. The molecule has 0 saturated heterocycles. The van der Waals surface area contributed by atoms with Crippen molar-refractivity contribution in [3.05, 3.63) is 86.1 Å². The fourth-order valence-corrected chi connectivity index (χ4v) is 1.93. The van der Waals surface area contributed by atoms with E-state index in [4.69, 9.17) is 4.42 Å². The van der Waals surface area contributed by atoms with Crippen molar-refractivity contribution >= 4 is 12.7 Å². The summed E-state index contributed by atoms with van der Waals surface area (Å²) in [5.41, 5.74) is 0.832. The Kier molecular flexibility index (Phi) is 3.05. The molecule has 0 aliphatic rings. The lowest BCUT2D eigenvalue weighted by Crippen LogP contribution is -2.20. The van der Waals surface area contributed by atoms with Crippen LogP contribution in [0, 0.1) is 10.8 Å². The van der Waals surface area contributed by atoms with Crippen LogP contribution < -0.4 is 16.2 Å². The number of aromatic amines is 1. The minimum Gasteiger partial charge on any atom is -0.404 e. The molecule has 0 aliphatic carbocycles. The molecule has 20 heavy (non-hydrogen) atoms. The van der Waals surface area contributed by atoms with Crippen LogP contribution in [0.4, 0.5) is 0 Å². The van der Waals surface area contributed by atoms with Crippen LogP contribution in [0.5, 0.6) is 0 Å². The Hall–Kier alpha value is -2.88. The standard InChI is InChI=1S/C16H12N2O2/c1-11-5-2-3-7-13(11)15-18-14(16(19)20-15)9-12-6-4-8-17-10-12/h2-10,18H,1H2/b14-9+,15-13?. The summed E-state index contributed by atoms with van der Waals surface area (Å²) >= 11 is 0. The Morgan fingerprint density at radius 3 is 2.80 bits per heavy atom. The molecule has 0 aliphatic heterocycles. The molecule has 0 spiro atoms. The normalized spacial score (nSPS) is 13.5. The molecule has 2 aromatic heterocycles. The first-order chi connectivity index (χ1) is 9.74. The zero-order valence-electron chi connectivity index (χ0n) is 10.7. The third-order valence-corrected chi connectivity index (χ3v) is 2.92. The summed E-state index contributed by atoms with van der Waals surface area (Å²) in [7, 11) is 0. The molecule has 0 bridgehead atoms. The van der Waals surface area contributed by atoms with Crippen molar-refractivity contribution in [3.63, 3.8) is 0 Å². The third kappa shape index (κ3) is 2.31. The van der Waals surface area contributed by atoms with Crippen molar-refractivity contribution in [2.45, 2.75) is 0 Å². The van der Waals surface area contributed by atoms with Gasteiger partial charge in [0.05, 0.1) is 0 Å². The van der Waals surface area contributed by atoms with Gasteiger partial charge >= 0.3 is 5.63 Å². The number of H-pyrrole nitrogens is 1. The van der Waals surface area contributed by atoms with E-state index in [9.17, 15) is 4.79 Å². The van der Waals surface area contributed by atoms with Crippen LogP contribution in [0.1, 0.15) is 5.56 Å². The fraction of sp³-hybridized carbons (Fsp3) is 0. The monoisotopic (exact) mass is 264 g/mol. The van der Waals surface area contributed by atoms with E-state index < -0.39 is 5.63 Å². The molecule has 0 saturated carbocycles. The molecule has 4 nitrogen and oxygen atoms in total. The van der Waals surface area contributed by atoms with Gasteiger partial charge < -0.3 is 9.40 Å². The topological polar surface area (TPSA) is 58.9 Å². The van der Waals surface area contributed by atoms with Crippen molar-refractivity contribution in [2.24, 2.45) is 0 Å². The molecule has 0 unspecified atom stereocenters. The lowest BCUT2D eigenvalue weighted by Gasteiger charge is -1.87. The first-order valence-electron chi connectivity index (χ1n) is 6.13. The summed E-state index contributed by atoms with van der Waals surface area (Å²) in [6.45, 7) is 3.92. The summed E-state index contributed by atoms with van der Waals surface area (Å²) in [5, 5.41) is 1.96. The van der Waals surface area contributed by atoms with Gasteiger partial charge in [-0.15, -0.1) is 0 Å². The van der Waals surface area contributed by atoms with Crippen LogP contribution in [-0.4, -0.2) is 9.97 Å². The maximum atomic E-state index is 11.9. The average molecular weight is 264 g/mol. The minimum absolute atomic E-state index is 0.385. The predicted molar refractivity (Wildman–Crippen MR) is 76.0 cm³/mol. The van der Waals surface area contributed by atoms with Crippen LogP contribution in [0.3, 0.4) is 0 Å². The van der Waals surface area contributed by atoms with Crippen molar-refractivity contribution in [1.82, 2.24) is 9.97 Å². The SMILES string of the molecule is C=c1ccccc1=c1[nH]/c(=C/c2cccnc2)c(=O)o1. The van der Waals surface area contributed by atoms with Crippen LogP contribution >= 0.6 is 0 Å². The maximum Gasteiger partial charge on any atom is 0.361 e. The summed E-state index contributed by atoms with van der Waals surface area (Å²) in [5.74, 6) is 0. The molecule has 0 amide bonds. The number of hydrogen-bond acceptors (Lipinski definition) is 3. The second-order valence-corrected chi connectivity index (χ2v) is 4.35. The van der Waals surface area contributed by atoms with Crippen LogP contribution in [-0.2, 0) is 0 Å². The van der Waals surface area contributed by atoms with Gasteiger partial charge in [0.25, 0.3) is 0 Å². The number of nitrogens with zero attached hydrogens (tertiary/aromatic N) is 1. The van der Waals surface area contributed by atoms with Gasteiger partial charge in [0.15, 0.2) is 0 Å². The molecule has 0 atom stereocenters. The third-order valence-electron chi connectivity index (χ3n) is 2.92. The second-order valence-electron chi connectivity index (χ2n) is 4.35. The molecule has 2 heterocycles. The second kappa shape index (κ2) is 5.01. The van der Waals surface area contributed by atoms with Gasteiger partial charge in [-0.05, 0) is 29.0 Å². The molecular weight excluding hydrogens is 252 g/mol. The Morgan fingerprint density at radius 1 is 1.20 bits per heavy atom. The van der Waals surface area contributed by atoms with Gasteiger partial charge in [0.1, 0.15) is 5.35 Å². The van der Waals surface area contributed by atoms with E-state index in [1.165, 1.54) is 0 Å². The number of nitrogens with one attached hydrogen (secondary N) is 1. The first kappa shape index (κ1) is 12.2. The number of hydrogen-bond donors (Lipinski definition) is 1. The van der Waals surface area contributed by atoms with Gasteiger partial charge in [-0.3, -0.25) is 4.98 Å². The summed E-state index contributed by atoms with van der Waals surface area (Å²) in [4.78, 5) is 18.8. The van der Waals surface area contributed by atoms with Gasteiger partial charge in [-0.25, -0.2) is 4.79 Å². The van der Waals surface area contributed by atoms with Crippen LogP contribution in [0.25, 0.3) is 12.7 Å². The summed E-state index contributed by atoms with van der Waals surface area (Å²) in [6, 6.07) is 11.1. The highest BCUT2D eigenvalue weighted by molar-refractivity contribution is 5.45. The number of pyridine rings is 1. The first-order valence-corrected chi connectivity index (χ1v) is 6.13. The van der Waals surface area contributed by atoms with Gasteiger partial charge in [-0.2, -0.15) is 0 Å². The van der Waals surface area contributed by atoms with Crippen LogP contribution in [0.2, 0.25) is 0 Å². The summed E-state index contributed by atoms with van der Waals surface area (Å²) in [6.07, 6.45) is 5.06. The van der Waals surface area contributed by atoms with E-state index in [1.54, 1.807) is 18.5 Å². The number of benzene rings is 1.